The smallest absolute Gasteiger partial charge is 0.187 e. The fourth-order valence-electron chi connectivity index (χ4n) is 17.2. The first-order valence-corrected chi connectivity index (χ1v) is 30.2. The standard InChI is InChI=1S/C58H98O26/c1-24(2)10-9-14-58(8,84-52-47(74)42(69)39(66)30(80-52)23-77-50-45(72)38(65)29(20-60)78-50)25-11-16-57(7)35(25)26(61)18-33-55(5)15-13-34(54(3,4)32(55)12-17-56(33,57)6)82-53-48(83-51-46(73)41(68)37(64)28(19-59)79-51)43(70)40(67)31(81-53)22-76-49-44(71)36(63)27(62)21-75-49/h10,25-53,59-74H,9,11-23H2,1-8H3. The van der Waals surface area contributed by atoms with E-state index in [4.69, 9.17) is 47.4 Å². The molecule has 33 atom stereocenters. The highest BCUT2D eigenvalue weighted by Crippen LogP contribution is 2.76. The first-order chi connectivity index (χ1) is 39.4. The van der Waals surface area contributed by atoms with Gasteiger partial charge < -0.3 is 129 Å². The minimum Gasteiger partial charge on any atom is -0.394 e. The van der Waals surface area contributed by atoms with E-state index in [1.54, 1.807) is 0 Å². The van der Waals surface area contributed by atoms with Crippen molar-refractivity contribution >= 4 is 0 Å². The van der Waals surface area contributed by atoms with Crippen LogP contribution in [-0.4, -0.2) is 274 Å². The molecule has 0 aromatic carbocycles. The molecule has 0 radical (unpaired) electrons. The van der Waals surface area contributed by atoms with E-state index in [9.17, 15) is 81.7 Å². The van der Waals surface area contributed by atoms with Crippen LogP contribution < -0.4 is 0 Å². The molecule has 5 aliphatic heterocycles. The van der Waals surface area contributed by atoms with Crippen LogP contribution in [0.1, 0.15) is 113 Å². The van der Waals surface area contributed by atoms with Crippen molar-refractivity contribution < 1.29 is 129 Å². The highest BCUT2D eigenvalue weighted by Gasteiger charge is 2.72. The molecule has 0 amide bonds. The van der Waals surface area contributed by atoms with Crippen molar-refractivity contribution in [3.63, 3.8) is 0 Å². The number of rotatable bonds is 18. The summed E-state index contributed by atoms with van der Waals surface area (Å²) in [6.45, 7) is 14.4. The number of ether oxygens (including phenoxy) is 10. The molecule has 4 aliphatic carbocycles. The lowest BCUT2D eigenvalue weighted by atomic mass is 9.35. The average Bonchev–Trinajstić information content (AvgIpc) is 1.25. The van der Waals surface area contributed by atoms with Gasteiger partial charge in [-0.2, -0.15) is 0 Å². The summed E-state index contributed by atoms with van der Waals surface area (Å²) in [6, 6.07) is 0. The van der Waals surface area contributed by atoms with Crippen molar-refractivity contribution in [1.82, 2.24) is 0 Å². The van der Waals surface area contributed by atoms with Crippen LogP contribution in [0.3, 0.4) is 0 Å². The molecular weight excluding hydrogens is 1110 g/mol. The number of hydrogen-bond donors (Lipinski definition) is 16. The molecule has 26 heteroatoms. The zero-order valence-corrected chi connectivity index (χ0v) is 49.5. The van der Waals surface area contributed by atoms with Gasteiger partial charge in [0.05, 0.1) is 50.8 Å². The van der Waals surface area contributed by atoms with E-state index < -0.39 is 196 Å². The monoisotopic (exact) mass is 1210 g/mol. The van der Waals surface area contributed by atoms with Crippen LogP contribution in [0.5, 0.6) is 0 Å². The largest absolute Gasteiger partial charge is 0.394 e. The Kier molecular flexibility index (Phi) is 20.6. The Hall–Kier alpha value is -1.30. The fraction of sp³-hybridized carbons (Fsp3) is 0.966. The summed E-state index contributed by atoms with van der Waals surface area (Å²) in [7, 11) is 0. The van der Waals surface area contributed by atoms with E-state index in [0.717, 1.165) is 24.8 Å². The first-order valence-electron chi connectivity index (χ1n) is 30.2. The summed E-state index contributed by atoms with van der Waals surface area (Å²) in [5.41, 5.74) is -1.78. The predicted molar refractivity (Wildman–Crippen MR) is 287 cm³/mol. The van der Waals surface area contributed by atoms with E-state index in [-0.39, 0.29) is 41.1 Å². The summed E-state index contributed by atoms with van der Waals surface area (Å²) in [5.74, 6) is -0.598. The summed E-state index contributed by atoms with van der Waals surface area (Å²) in [6.07, 6.45) is -29.9. The molecule has 4 saturated carbocycles. The molecule has 9 aliphatic rings. The van der Waals surface area contributed by atoms with E-state index >= 15 is 0 Å². The van der Waals surface area contributed by atoms with E-state index in [2.05, 4.69) is 40.7 Å². The third kappa shape index (κ3) is 12.0. The van der Waals surface area contributed by atoms with Crippen molar-refractivity contribution in [3.8, 4) is 0 Å². The Morgan fingerprint density at radius 3 is 1.68 bits per heavy atom. The predicted octanol–water partition coefficient (Wildman–Crippen LogP) is -3.10. The van der Waals surface area contributed by atoms with Crippen molar-refractivity contribution in [3.05, 3.63) is 11.6 Å². The van der Waals surface area contributed by atoms with E-state index in [1.807, 2.05) is 20.8 Å². The lowest BCUT2D eigenvalue weighted by Gasteiger charge is -2.71. The van der Waals surface area contributed by atoms with Gasteiger partial charge in [-0.15, -0.1) is 0 Å². The van der Waals surface area contributed by atoms with Gasteiger partial charge in [0.15, 0.2) is 31.5 Å². The molecule has 5 heterocycles. The molecule has 26 nitrogen and oxygen atoms in total. The second kappa shape index (κ2) is 25.8. The normalized spacial score (nSPS) is 52.9. The zero-order valence-electron chi connectivity index (χ0n) is 49.5. The average molecular weight is 1210 g/mol. The zero-order chi connectivity index (χ0) is 61.5. The first kappa shape index (κ1) is 67.1. The van der Waals surface area contributed by atoms with Gasteiger partial charge in [-0.05, 0) is 124 Å². The Labute approximate surface area is 490 Å². The number of aliphatic hydroxyl groups is 16. The van der Waals surface area contributed by atoms with Crippen molar-refractivity contribution in [2.45, 2.75) is 272 Å². The number of hydrogen-bond acceptors (Lipinski definition) is 26. The molecule has 33 unspecified atom stereocenters. The van der Waals surface area contributed by atoms with Crippen LogP contribution in [0.4, 0.5) is 0 Å². The molecule has 0 spiro atoms. The molecule has 16 N–H and O–H groups in total. The van der Waals surface area contributed by atoms with Crippen LogP contribution >= 0.6 is 0 Å². The molecule has 5 saturated heterocycles. The topological polar surface area (TPSA) is 416 Å². The Bertz CT molecular complexity index is 2210. The lowest BCUT2D eigenvalue weighted by Crippen LogP contribution is -2.68. The molecule has 0 aromatic heterocycles. The fourth-order valence-corrected chi connectivity index (χ4v) is 17.2. The van der Waals surface area contributed by atoms with Crippen LogP contribution in [0.2, 0.25) is 0 Å². The Balaban J connectivity index is 0.939. The maximum absolute atomic E-state index is 12.9. The third-order valence-electron chi connectivity index (χ3n) is 22.2. The van der Waals surface area contributed by atoms with E-state index in [0.29, 0.717) is 38.5 Å². The van der Waals surface area contributed by atoms with Crippen LogP contribution in [-0.2, 0) is 47.4 Å². The maximum atomic E-state index is 12.9. The van der Waals surface area contributed by atoms with Gasteiger partial charge in [0.1, 0.15) is 110 Å². The van der Waals surface area contributed by atoms with Crippen LogP contribution in [0.15, 0.2) is 11.6 Å². The SMILES string of the molecule is CC(C)=CCCC(C)(OC1OC(COC2OC(CO)C(O)C2O)C(O)C(O)C1O)C1CCC2(C)C1C(O)CC1C3(C)CCC(OC4OC(COC5OCC(O)C(O)C5O)C(O)C(O)C4OC4OC(CO)C(O)C(O)C4O)C(C)(C)C3CCC12C. The van der Waals surface area contributed by atoms with Gasteiger partial charge in [-0.1, -0.05) is 46.3 Å². The number of fused-ring (bicyclic) bond motifs is 5. The summed E-state index contributed by atoms with van der Waals surface area (Å²) in [5, 5.41) is 174. The van der Waals surface area contributed by atoms with E-state index in [1.165, 1.54) is 0 Å². The van der Waals surface area contributed by atoms with Gasteiger partial charge >= 0.3 is 0 Å². The van der Waals surface area contributed by atoms with Crippen molar-refractivity contribution in [2.75, 3.05) is 33.0 Å². The second-order valence-electron chi connectivity index (χ2n) is 27.7. The quantitative estimate of drug-likeness (QED) is 0.0477. The molecule has 486 valence electrons. The second-order valence-corrected chi connectivity index (χ2v) is 27.7. The summed E-state index contributed by atoms with van der Waals surface area (Å²) < 4.78 is 60.7. The number of aliphatic hydroxyl groups excluding tert-OH is 16. The van der Waals surface area contributed by atoms with Crippen molar-refractivity contribution in [2.24, 2.45) is 45.3 Å². The van der Waals surface area contributed by atoms with Gasteiger partial charge in [-0.25, -0.2) is 0 Å². The van der Waals surface area contributed by atoms with Crippen LogP contribution in [0, 0.1) is 45.3 Å². The Morgan fingerprint density at radius 1 is 0.524 bits per heavy atom. The third-order valence-corrected chi connectivity index (χ3v) is 22.2. The highest BCUT2D eigenvalue weighted by molar-refractivity contribution is 5.21. The molecule has 9 rings (SSSR count). The molecule has 84 heavy (non-hydrogen) atoms. The van der Waals surface area contributed by atoms with Crippen molar-refractivity contribution in [1.29, 1.82) is 0 Å². The van der Waals surface area contributed by atoms with Gasteiger partial charge in [-0.3, -0.25) is 0 Å². The number of allylic oxidation sites excluding steroid dienone is 2. The van der Waals surface area contributed by atoms with Gasteiger partial charge in [0.2, 0.25) is 0 Å². The Morgan fingerprint density at radius 2 is 1.05 bits per heavy atom. The minimum absolute atomic E-state index is 0.00228. The molecule has 0 aromatic rings. The van der Waals surface area contributed by atoms with Gasteiger partial charge in [0.25, 0.3) is 0 Å². The maximum Gasteiger partial charge on any atom is 0.187 e. The summed E-state index contributed by atoms with van der Waals surface area (Å²) >= 11 is 0. The van der Waals surface area contributed by atoms with Gasteiger partial charge in [0, 0.05) is 0 Å². The molecular formula is C58H98O26. The van der Waals surface area contributed by atoms with Crippen LogP contribution in [0.25, 0.3) is 0 Å². The molecule has 9 fully saturated rings. The highest BCUT2D eigenvalue weighted by atomic mass is 16.8. The minimum atomic E-state index is -1.88. The lowest BCUT2D eigenvalue weighted by molar-refractivity contribution is -0.382. The summed E-state index contributed by atoms with van der Waals surface area (Å²) in [4.78, 5) is 0. The molecule has 0 bridgehead atoms.